The number of carbonyl (C=O) groups excluding carboxylic acids is 1. The summed E-state index contributed by atoms with van der Waals surface area (Å²) in [6.07, 6.45) is 3.11. The van der Waals surface area contributed by atoms with Gasteiger partial charge in [-0.25, -0.2) is 0 Å². The van der Waals surface area contributed by atoms with Crippen LogP contribution in [0.5, 0.6) is 0 Å². The molecule has 0 radical (unpaired) electrons. The van der Waals surface area contributed by atoms with Crippen molar-refractivity contribution in [3.8, 4) is 0 Å². The standard InChI is InChI=1S/C19H20N4O3/c1-20-19(22-13-16-4-2-10-25-16)21-12-14-6-8-15(9-7-14)23-18(24)17-5-3-11-26-17/h2-11H,12-13H2,1H3,(H,23,24)(H2,20,21,22). The van der Waals surface area contributed by atoms with E-state index in [1.54, 1.807) is 25.4 Å². The normalized spacial score (nSPS) is 11.2. The topological polar surface area (TPSA) is 91.8 Å². The Bertz CT molecular complexity index is 838. The minimum Gasteiger partial charge on any atom is -0.467 e. The van der Waals surface area contributed by atoms with E-state index in [-0.39, 0.29) is 11.7 Å². The van der Waals surface area contributed by atoms with Gasteiger partial charge in [0.2, 0.25) is 0 Å². The van der Waals surface area contributed by atoms with Crippen LogP contribution in [-0.2, 0) is 13.1 Å². The first kappa shape index (κ1) is 17.3. The number of carbonyl (C=O) groups is 1. The molecule has 0 aliphatic carbocycles. The number of aliphatic imine (C=N–C) groups is 1. The van der Waals surface area contributed by atoms with Gasteiger partial charge in [0.15, 0.2) is 11.7 Å². The Morgan fingerprint density at radius 2 is 1.69 bits per heavy atom. The summed E-state index contributed by atoms with van der Waals surface area (Å²) >= 11 is 0. The van der Waals surface area contributed by atoms with Crippen LogP contribution in [0.2, 0.25) is 0 Å². The van der Waals surface area contributed by atoms with Crippen LogP contribution in [0.15, 0.2) is 74.9 Å². The van der Waals surface area contributed by atoms with E-state index in [4.69, 9.17) is 8.83 Å². The predicted octanol–water partition coefficient (Wildman–Crippen LogP) is 2.99. The second-order valence-electron chi connectivity index (χ2n) is 5.49. The number of furan rings is 2. The smallest absolute Gasteiger partial charge is 0.291 e. The van der Waals surface area contributed by atoms with Crippen molar-refractivity contribution in [2.24, 2.45) is 4.99 Å². The largest absolute Gasteiger partial charge is 0.467 e. The van der Waals surface area contributed by atoms with Gasteiger partial charge in [-0.15, -0.1) is 0 Å². The van der Waals surface area contributed by atoms with Crippen LogP contribution in [-0.4, -0.2) is 18.9 Å². The molecule has 0 unspecified atom stereocenters. The molecule has 26 heavy (non-hydrogen) atoms. The van der Waals surface area contributed by atoms with Gasteiger partial charge in [0.25, 0.3) is 5.91 Å². The molecular formula is C19H20N4O3. The molecule has 1 aromatic carbocycles. The quantitative estimate of drug-likeness (QED) is 0.468. The fraction of sp³-hybridized carbons (Fsp3) is 0.158. The number of hydrogen-bond donors (Lipinski definition) is 3. The van der Waals surface area contributed by atoms with Gasteiger partial charge in [-0.05, 0) is 42.0 Å². The molecule has 0 saturated carbocycles. The minimum absolute atomic E-state index is 0.275. The van der Waals surface area contributed by atoms with Gasteiger partial charge in [0.1, 0.15) is 5.76 Å². The van der Waals surface area contributed by atoms with Crippen molar-refractivity contribution < 1.29 is 13.6 Å². The van der Waals surface area contributed by atoms with Crippen molar-refractivity contribution in [2.75, 3.05) is 12.4 Å². The van der Waals surface area contributed by atoms with Crippen molar-refractivity contribution in [1.29, 1.82) is 0 Å². The first-order valence-electron chi connectivity index (χ1n) is 8.15. The molecule has 2 heterocycles. The average Bonchev–Trinajstić information content (AvgIpc) is 3.37. The molecule has 0 aliphatic heterocycles. The van der Waals surface area contributed by atoms with Crippen LogP contribution in [0.1, 0.15) is 21.9 Å². The van der Waals surface area contributed by atoms with E-state index < -0.39 is 0 Å². The maximum absolute atomic E-state index is 11.9. The lowest BCUT2D eigenvalue weighted by molar-refractivity contribution is 0.0996. The third-order valence-electron chi connectivity index (χ3n) is 3.65. The molecule has 0 spiro atoms. The monoisotopic (exact) mass is 352 g/mol. The summed E-state index contributed by atoms with van der Waals surface area (Å²) in [5, 5.41) is 9.18. The number of hydrogen-bond acceptors (Lipinski definition) is 4. The lowest BCUT2D eigenvalue weighted by Crippen LogP contribution is -2.36. The molecule has 0 fully saturated rings. The number of guanidine groups is 1. The SMILES string of the molecule is CN=C(NCc1ccc(NC(=O)c2ccco2)cc1)NCc1ccco1. The van der Waals surface area contributed by atoms with Gasteiger partial charge in [0.05, 0.1) is 19.1 Å². The lowest BCUT2D eigenvalue weighted by atomic mass is 10.2. The van der Waals surface area contributed by atoms with Crippen LogP contribution in [0.4, 0.5) is 5.69 Å². The zero-order valence-corrected chi connectivity index (χ0v) is 14.4. The van der Waals surface area contributed by atoms with E-state index >= 15 is 0 Å². The maximum Gasteiger partial charge on any atom is 0.291 e. The fourth-order valence-electron chi connectivity index (χ4n) is 2.30. The third kappa shape index (κ3) is 4.76. The Labute approximate surface area is 151 Å². The maximum atomic E-state index is 11.9. The first-order valence-corrected chi connectivity index (χ1v) is 8.15. The highest BCUT2D eigenvalue weighted by Crippen LogP contribution is 2.11. The van der Waals surface area contributed by atoms with Crippen molar-refractivity contribution in [2.45, 2.75) is 13.1 Å². The van der Waals surface area contributed by atoms with Gasteiger partial charge in [-0.1, -0.05) is 12.1 Å². The zero-order valence-electron chi connectivity index (χ0n) is 14.4. The van der Waals surface area contributed by atoms with E-state index in [1.165, 1.54) is 6.26 Å². The summed E-state index contributed by atoms with van der Waals surface area (Å²) in [5.41, 5.74) is 1.76. The van der Waals surface area contributed by atoms with Gasteiger partial charge in [0, 0.05) is 19.3 Å². The molecule has 7 heteroatoms. The molecule has 0 bridgehead atoms. The van der Waals surface area contributed by atoms with Gasteiger partial charge >= 0.3 is 0 Å². The predicted molar refractivity (Wildman–Crippen MR) is 98.8 cm³/mol. The Balaban J connectivity index is 1.48. The number of amides is 1. The Kier molecular flexibility index (Phi) is 5.72. The van der Waals surface area contributed by atoms with Crippen LogP contribution in [0.25, 0.3) is 0 Å². The molecular weight excluding hydrogens is 332 g/mol. The summed E-state index contributed by atoms with van der Waals surface area (Å²) in [6, 6.07) is 14.6. The summed E-state index contributed by atoms with van der Waals surface area (Å²) in [5.74, 6) is 1.52. The van der Waals surface area contributed by atoms with Crippen molar-refractivity contribution in [1.82, 2.24) is 10.6 Å². The van der Waals surface area contributed by atoms with E-state index in [0.717, 1.165) is 11.3 Å². The van der Waals surface area contributed by atoms with Crippen molar-refractivity contribution in [3.63, 3.8) is 0 Å². The highest BCUT2D eigenvalue weighted by Gasteiger charge is 2.08. The average molecular weight is 352 g/mol. The van der Waals surface area contributed by atoms with Crippen LogP contribution >= 0.6 is 0 Å². The molecule has 7 nitrogen and oxygen atoms in total. The van der Waals surface area contributed by atoms with Gasteiger partial charge in [-0.2, -0.15) is 0 Å². The Morgan fingerprint density at radius 3 is 2.35 bits per heavy atom. The fourth-order valence-corrected chi connectivity index (χ4v) is 2.30. The van der Waals surface area contributed by atoms with E-state index in [2.05, 4.69) is 20.9 Å². The third-order valence-corrected chi connectivity index (χ3v) is 3.65. The molecule has 3 N–H and O–H groups in total. The van der Waals surface area contributed by atoms with Crippen LogP contribution < -0.4 is 16.0 Å². The highest BCUT2D eigenvalue weighted by atomic mass is 16.3. The summed E-state index contributed by atoms with van der Waals surface area (Å²) < 4.78 is 10.3. The van der Waals surface area contributed by atoms with Gasteiger partial charge < -0.3 is 24.8 Å². The molecule has 134 valence electrons. The minimum atomic E-state index is -0.275. The second kappa shape index (κ2) is 8.57. The van der Waals surface area contributed by atoms with Crippen LogP contribution in [0.3, 0.4) is 0 Å². The zero-order chi connectivity index (χ0) is 18.2. The number of rotatable bonds is 6. The molecule has 0 aliphatic rings. The Morgan fingerprint density at radius 1 is 0.962 bits per heavy atom. The van der Waals surface area contributed by atoms with Crippen molar-refractivity contribution >= 4 is 17.6 Å². The number of anilines is 1. The van der Waals surface area contributed by atoms with E-state index in [9.17, 15) is 4.79 Å². The van der Waals surface area contributed by atoms with Crippen molar-refractivity contribution in [3.05, 3.63) is 78.1 Å². The summed E-state index contributed by atoms with van der Waals surface area (Å²) in [6.45, 7) is 1.16. The first-order chi connectivity index (χ1) is 12.7. The molecule has 0 saturated heterocycles. The van der Waals surface area contributed by atoms with E-state index in [0.29, 0.717) is 24.7 Å². The number of benzene rings is 1. The van der Waals surface area contributed by atoms with Crippen LogP contribution in [0, 0.1) is 0 Å². The Hall–Kier alpha value is -3.48. The molecule has 3 rings (SSSR count). The summed E-state index contributed by atoms with van der Waals surface area (Å²) in [7, 11) is 1.71. The molecule has 1 amide bonds. The molecule has 0 atom stereocenters. The van der Waals surface area contributed by atoms with Gasteiger partial charge in [-0.3, -0.25) is 9.79 Å². The molecule has 2 aromatic heterocycles. The molecule has 3 aromatic rings. The second-order valence-corrected chi connectivity index (χ2v) is 5.49. The lowest BCUT2D eigenvalue weighted by Gasteiger charge is -2.11. The summed E-state index contributed by atoms with van der Waals surface area (Å²) in [4.78, 5) is 16.1. The van der Waals surface area contributed by atoms with E-state index in [1.807, 2.05) is 36.4 Å². The number of nitrogens with one attached hydrogen (secondary N) is 3. The number of nitrogens with zero attached hydrogens (tertiary/aromatic N) is 1. The highest BCUT2D eigenvalue weighted by molar-refractivity contribution is 6.02.